The minimum Gasteiger partial charge on any atom is -0.334 e. The van der Waals surface area contributed by atoms with Gasteiger partial charge in [0.1, 0.15) is 5.54 Å². The Morgan fingerprint density at radius 2 is 1.62 bits per heavy atom. The molecule has 1 heterocycles. The van der Waals surface area contributed by atoms with Gasteiger partial charge in [0.25, 0.3) is 5.91 Å². The molecule has 0 bridgehead atoms. The maximum absolute atomic E-state index is 12.8. The highest BCUT2D eigenvalue weighted by atomic mass is 16.2. The summed E-state index contributed by atoms with van der Waals surface area (Å²) in [5.74, 6) is -1.01. The van der Waals surface area contributed by atoms with Gasteiger partial charge in [-0.1, -0.05) is 60.7 Å². The first kappa shape index (κ1) is 20.1. The molecule has 0 radical (unpaired) electrons. The van der Waals surface area contributed by atoms with Gasteiger partial charge in [0.15, 0.2) is 0 Å². The molecule has 150 valence electrons. The molecule has 1 aliphatic rings. The average Bonchev–Trinajstić information content (AvgIpc) is 2.95. The molecule has 3 N–H and O–H groups in total. The Morgan fingerprint density at radius 1 is 1.00 bits per heavy atom. The van der Waals surface area contributed by atoms with E-state index < -0.39 is 29.4 Å². The van der Waals surface area contributed by atoms with E-state index in [0.29, 0.717) is 5.56 Å². The van der Waals surface area contributed by atoms with Crippen LogP contribution in [-0.4, -0.2) is 35.3 Å². The summed E-state index contributed by atoms with van der Waals surface area (Å²) in [6.07, 6.45) is -0.178. The van der Waals surface area contributed by atoms with Crippen molar-refractivity contribution in [1.29, 1.82) is 0 Å². The van der Waals surface area contributed by atoms with E-state index in [1.54, 1.807) is 31.2 Å². The lowest BCUT2D eigenvalue weighted by molar-refractivity contribution is -0.131. The second kappa shape index (κ2) is 8.55. The monoisotopic (exact) mass is 394 g/mol. The maximum Gasteiger partial charge on any atom is 0.325 e. The molecular formula is C21H22N4O4. The highest BCUT2D eigenvalue weighted by Crippen LogP contribution is 2.28. The van der Waals surface area contributed by atoms with E-state index in [1.807, 2.05) is 36.4 Å². The third-order valence-electron chi connectivity index (χ3n) is 4.74. The summed E-state index contributed by atoms with van der Waals surface area (Å²) in [5.41, 5.74) is 0.377. The van der Waals surface area contributed by atoms with Crippen LogP contribution in [0.15, 0.2) is 60.7 Å². The van der Waals surface area contributed by atoms with Gasteiger partial charge in [-0.3, -0.25) is 19.8 Å². The van der Waals surface area contributed by atoms with Gasteiger partial charge >= 0.3 is 12.1 Å². The fourth-order valence-electron chi connectivity index (χ4n) is 3.09. The number of benzene rings is 2. The third-order valence-corrected chi connectivity index (χ3v) is 4.74. The highest BCUT2D eigenvalue weighted by molar-refractivity contribution is 6.07. The Labute approximate surface area is 168 Å². The molecule has 1 aliphatic heterocycles. The number of hydrogen-bond acceptors (Lipinski definition) is 4. The Hall–Kier alpha value is -3.68. The number of nitrogens with one attached hydrogen (secondary N) is 3. The molecule has 1 fully saturated rings. The fraction of sp³-hybridized carbons (Fsp3) is 0.238. The van der Waals surface area contributed by atoms with Crippen molar-refractivity contribution in [3.8, 4) is 0 Å². The quantitative estimate of drug-likeness (QED) is 0.650. The molecule has 29 heavy (non-hydrogen) atoms. The number of rotatable bonds is 6. The van der Waals surface area contributed by atoms with Gasteiger partial charge in [0.05, 0.1) is 0 Å². The van der Waals surface area contributed by atoms with Gasteiger partial charge < -0.3 is 10.6 Å². The topological polar surface area (TPSA) is 108 Å². The second-order valence-corrected chi connectivity index (χ2v) is 6.84. The summed E-state index contributed by atoms with van der Waals surface area (Å²) < 4.78 is 0. The molecule has 6 amide bonds. The number of carbonyl (C=O) groups is 4. The molecule has 0 aromatic heterocycles. The number of hydrogen-bond donors (Lipinski definition) is 3. The van der Waals surface area contributed by atoms with Crippen LogP contribution < -0.4 is 16.0 Å². The molecule has 0 aliphatic carbocycles. The molecular weight excluding hydrogens is 372 g/mol. The number of carbonyl (C=O) groups excluding carboxylic acids is 4. The van der Waals surface area contributed by atoms with Crippen LogP contribution in [0.2, 0.25) is 0 Å². The first-order valence-corrected chi connectivity index (χ1v) is 9.21. The number of urea groups is 2. The Balaban J connectivity index is 1.50. The summed E-state index contributed by atoms with van der Waals surface area (Å²) in [4.78, 5) is 49.9. The Morgan fingerprint density at radius 3 is 2.28 bits per heavy atom. The lowest BCUT2D eigenvalue weighted by Crippen LogP contribution is -2.42. The first-order chi connectivity index (χ1) is 13.9. The van der Waals surface area contributed by atoms with E-state index in [9.17, 15) is 19.2 Å². The van der Waals surface area contributed by atoms with Gasteiger partial charge in [-0.2, -0.15) is 0 Å². The summed E-state index contributed by atoms with van der Waals surface area (Å²) in [6.45, 7) is 1.78. The first-order valence-electron chi connectivity index (χ1n) is 9.21. The molecule has 8 heteroatoms. The van der Waals surface area contributed by atoms with Gasteiger partial charge in [-0.15, -0.1) is 0 Å². The minimum absolute atomic E-state index is 0.120. The van der Waals surface area contributed by atoms with Crippen molar-refractivity contribution >= 4 is 23.9 Å². The van der Waals surface area contributed by atoms with E-state index in [-0.39, 0.29) is 19.5 Å². The smallest absolute Gasteiger partial charge is 0.325 e. The van der Waals surface area contributed by atoms with Crippen molar-refractivity contribution in [2.24, 2.45) is 0 Å². The minimum atomic E-state index is -1.18. The van der Waals surface area contributed by atoms with Crippen molar-refractivity contribution in [2.75, 3.05) is 6.54 Å². The molecule has 8 nitrogen and oxygen atoms in total. The molecule has 1 atom stereocenters. The van der Waals surface area contributed by atoms with Crippen molar-refractivity contribution in [1.82, 2.24) is 20.9 Å². The number of nitrogens with zero attached hydrogens (tertiary/aromatic N) is 1. The number of imide groups is 2. The largest absolute Gasteiger partial charge is 0.334 e. The van der Waals surface area contributed by atoms with Crippen LogP contribution in [-0.2, 0) is 21.7 Å². The van der Waals surface area contributed by atoms with E-state index in [2.05, 4.69) is 16.0 Å². The van der Waals surface area contributed by atoms with Gasteiger partial charge in [0, 0.05) is 19.5 Å². The van der Waals surface area contributed by atoms with Gasteiger partial charge in [0.2, 0.25) is 5.91 Å². The predicted octanol–water partition coefficient (Wildman–Crippen LogP) is 1.87. The van der Waals surface area contributed by atoms with Crippen LogP contribution in [0.3, 0.4) is 0 Å². The molecule has 2 aromatic carbocycles. The van der Waals surface area contributed by atoms with Crippen molar-refractivity contribution < 1.29 is 19.2 Å². The van der Waals surface area contributed by atoms with E-state index in [4.69, 9.17) is 0 Å². The van der Waals surface area contributed by atoms with Gasteiger partial charge in [-0.25, -0.2) is 9.59 Å². The normalized spacial score (nSPS) is 18.3. The van der Waals surface area contributed by atoms with Gasteiger partial charge in [-0.05, 0) is 18.1 Å². The molecule has 2 aromatic rings. The zero-order valence-corrected chi connectivity index (χ0v) is 16.0. The van der Waals surface area contributed by atoms with Crippen LogP contribution in [0, 0.1) is 0 Å². The summed E-state index contributed by atoms with van der Waals surface area (Å²) in [7, 11) is 0. The lowest BCUT2D eigenvalue weighted by Gasteiger charge is -2.22. The van der Waals surface area contributed by atoms with Crippen LogP contribution in [0.25, 0.3) is 0 Å². The molecule has 3 rings (SSSR count). The zero-order chi connectivity index (χ0) is 20.9. The molecule has 0 saturated carbocycles. The SMILES string of the molecule is CC1(c2ccccc2)NC(=O)N(CCC(=O)NC(=O)NCc2ccccc2)C1=O. The van der Waals surface area contributed by atoms with E-state index in [1.165, 1.54) is 0 Å². The van der Waals surface area contributed by atoms with Crippen LogP contribution in [0.4, 0.5) is 9.59 Å². The molecule has 1 unspecified atom stereocenters. The van der Waals surface area contributed by atoms with E-state index >= 15 is 0 Å². The summed E-state index contributed by atoms with van der Waals surface area (Å²) >= 11 is 0. The zero-order valence-electron chi connectivity index (χ0n) is 16.0. The summed E-state index contributed by atoms with van der Waals surface area (Å²) in [6, 6.07) is 17.0. The van der Waals surface area contributed by atoms with Crippen molar-refractivity contribution in [2.45, 2.75) is 25.4 Å². The third kappa shape index (κ3) is 4.60. The fourth-order valence-corrected chi connectivity index (χ4v) is 3.09. The average molecular weight is 394 g/mol. The van der Waals surface area contributed by atoms with Crippen molar-refractivity contribution in [3.05, 3.63) is 71.8 Å². The second-order valence-electron chi connectivity index (χ2n) is 6.84. The van der Waals surface area contributed by atoms with Crippen molar-refractivity contribution in [3.63, 3.8) is 0 Å². The number of amides is 6. The Kier molecular flexibility index (Phi) is 5.92. The standard InChI is InChI=1S/C21H22N4O4/c1-21(16-10-6-3-7-11-16)18(27)25(20(29)24-21)13-12-17(26)23-19(28)22-14-15-8-4-2-5-9-15/h2-11H,12-14H2,1H3,(H,24,29)(H2,22,23,26,28). The lowest BCUT2D eigenvalue weighted by atomic mass is 9.92. The maximum atomic E-state index is 12.8. The highest BCUT2D eigenvalue weighted by Gasteiger charge is 2.48. The van der Waals surface area contributed by atoms with Crippen LogP contribution >= 0.6 is 0 Å². The van der Waals surface area contributed by atoms with Crippen LogP contribution in [0.5, 0.6) is 0 Å². The molecule has 1 saturated heterocycles. The summed E-state index contributed by atoms with van der Waals surface area (Å²) in [5, 5.41) is 7.45. The van der Waals surface area contributed by atoms with E-state index in [0.717, 1.165) is 10.5 Å². The Bertz CT molecular complexity index is 917. The van der Waals surface area contributed by atoms with Crippen LogP contribution in [0.1, 0.15) is 24.5 Å². The molecule has 0 spiro atoms. The predicted molar refractivity (Wildman–Crippen MR) is 105 cm³/mol.